The fourth-order valence-electron chi connectivity index (χ4n) is 3.08. The van der Waals surface area contributed by atoms with Gasteiger partial charge in [0.25, 0.3) is 0 Å². The van der Waals surface area contributed by atoms with Crippen LogP contribution < -0.4 is 5.32 Å². The lowest BCUT2D eigenvalue weighted by molar-refractivity contribution is -0.116. The zero-order valence-corrected chi connectivity index (χ0v) is 16.7. The molecule has 0 radical (unpaired) electrons. The second-order valence-corrected chi connectivity index (χ2v) is 9.10. The third-order valence-corrected chi connectivity index (χ3v) is 7.55. The topological polar surface area (TPSA) is 46.9 Å². The fraction of sp³-hybridized carbons (Fsp3) is 0.474. The molecule has 0 unspecified atom stereocenters. The molecule has 134 valence electrons. The molecule has 25 heavy (non-hydrogen) atoms. The monoisotopic (exact) mass is 375 g/mol. The number of aryl methyl sites for hydroxylation is 2. The van der Waals surface area contributed by atoms with Crippen LogP contribution in [-0.4, -0.2) is 27.2 Å². The Hall–Kier alpha value is -1.40. The number of rotatable bonds is 5. The molecule has 1 aromatic heterocycles. The van der Waals surface area contributed by atoms with Crippen LogP contribution in [0, 0.1) is 13.8 Å². The standard InChI is InChI=1S/C19H25N3OS2/c1-13-17(14(2)22(3)21-13)8-9-18(23)20-16-7-4-6-15(12-16)19-24-10-5-11-25-19/h4,6-7,12,19H,5,8-11H2,1-3H3,(H,20,23). The third-order valence-electron chi connectivity index (χ3n) is 4.53. The van der Waals surface area contributed by atoms with E-state index in [4.69, 9.17) is 0 Å². The van der Waals surface area contributed by atoms with Crippen molar-refractivity contribution in [2.45, 2.75) is 37.7 Å². The van der Waals surface area contributed by atoms with Gasteiger partial charge in [0.2, 0.25) is 5.91 Å². The summed E-state index contributed by atoms with van der Waals surface area (Å²) in [5.74, 6) is 2.50. The first-order valence-corrected chi connectivity index (χ1v) is 10.8. The highest BCUT2D eigenvalue weighted by Crippen LogP contribution is 2.44. The van der Waals surface area contributed by atoms with E-state index in [2.05, 4.69) is 29.5 Å². The summed E-state index contributed by atoms with van der Waals surface area (Å²) in [5, 5.41) is 7.47. The molecule has 0 aliphatic carbocycles. The lowest BCUT2D eigenvalue weighted by Gasteiger charge is -2.21. The molecule has 0 bridgehead atoms. The van der Waals surface area contributed by atoms with Gasteiger partial charge in [0.15, 0.2) is 0 Å². The highest BCUT2D eigenvalue weighted by Gasteiger charge is 2.17. The van der Waals surface area contributed by atoms with Crippen molar-refractivity contribution >= 4 is 35.1 Å². The van der Waals surface area contributed by atoms with Gasteiger partial charge < -0.3 is 5.32 Å². The number of amides is 1. The van der Waals surface area contributed by atoms with Gasteiger partial charge in [0.1, 0.15) is 0 Å². The molecule has 1 N–H and O–H groups in total. The van der Waals surface area contributed by atoms with E-state index in [0.717, 1.165) is 23.5 Å². The van der Waals surface area contributed by atoms with Crippen molar-refractivity contribution in [1.29, 1.82) is 0 Å². The number of benzene rings is 1. The molecule has 6 heteroatoms. The van der Waals surface area contributed by atoms with Gasteiger partial charge in [-0.1, -0.05) is 12.1 Å². The minimum absolute atomic E-state index is 0.0590. The lowest BCUT2D eigenvalue weighted by Crippen LogP contribution is -2.13. The maximum atomic E-state index is 12.4. The van der Waals surface area contributed by atoms with Crippen molar-refractivity contribution in [2.75, 3.05) is 16.8 Å². The van der Waals surface area contributed by atoms with Crippen LogP contribution in [0.15, 0.2) is 24.3 Å². The first-order valence-electron chi connectivity index (χ1n) is 8.66. The molecule has 2 heterocycles. The van der Waals surface area contributed by atoms with Gasteiger partial charge in [-0.15, -0.1) is 23.5 Å². The zero-order valence-electron chi connectivity index (χ0n) is 15.0. The van der Waals surface area contributed by atoms with Crippen LogP contribution >= 0.6 is 23.5 Å². The summed E-state index contributed by atoms with van der Waals surface area (Å²) >= 11 is 4.00. The normalized spacial score (nSPS) is 15.3. The second-order valence-electron chi connectivity index (χ2n) is 6.37. The average Bonchev–Trinajstić information content (AvgIpc) is 2.86. The number of nitrogens with one attached hydrogen (secondary N) is 1. The summed E-state index contributed by atoms with van der Waals surface area (Å²) in [6, 6.07) is 8.29. The zero-order chi connectivity index (χ0) is 17.8. The number of carbonyl (C=O) groups is 1. The van der Waals surface area contributed by atoms with Crippen LogP contribution in [0.5, 0.6) is 0 Å². The Morgan fingerprint density at radius 2 is 2.08 bits per heavy atom. The molecule has 0 saturated carbocycles. The molecule has 2 aromatic rings. The first kappa shape index (κ1) is 18.4. The van der Waals surface area contributed by atoms with Crippen molar-refractivity contribution in [3.8, 4) is 0 Å². The maximum Gasteiger partial charge on any atom is 0.224 e. The summed E-state index contributed by atoms with van der Waals surface area (Å²) in [7, 11) is 1.94. The van der Waals surface area contributed by atoms with Crippen LogP contribution in [0.2, 0.25) is 0 Å². The van der Waals surface area contributed by atoms with Gasteiger partial charge in [0.05, 0.1) is 10.3 Å². The van der Waals surface area contributed by atoms with Gasteiger partial charge in [-0.05, 0) is 61.5 Å². The van der Waals surface area contributed by atoms with E-state index in [1.807, 2.05) is 54.3 Å². The van der Waals surface area contributed by atoms with Crippen molar-refractivity contribution < 1.29 is 4.79 Å². The smallest absolute Gasteiger partial charge is 0.224 e. The second kappa shape index (κ2) is 8.32. The molecule has 1 aliphatic heterocycles. The molecule has 1 aromatic carbocycles. The van der Waals surface area contributed by atoms with E-state index in [1.165, 1.54) is 29.1 Å². The van der Waals surface area contributed by atoms with Gasteiger partial charge in [0, 0.05) is 24.8 Å². The van der Waals surface area contributed by atoms with Crippen LogP contribution in [0.25, 0.3) is 0 Å². The number of thioether (sulfide) groups is 2. The number of anilines is 1. The maximum absolute atomic E-state index is 12.4. The lowest BCUT2D eigenvalue weighted by atomic mass is 10.1. The van der Waals surface area contributed by atoms with E-state index in [1.54, 1.807) is 0 Å². The molecule has 4 nitrogen and oxygen atoms in total. The molecule has 1 amide bonds. The third kappa shape index (κ3) is 4.61. The van der Waals surface area contributed by atoms with E-state index in [0.29, 0.717) is 11.0 Å². The number of hydrogen-bond donors (Lipinski definition) is 1. The fourth-order valence-corrected chi connectivity index (χ4v) is 5.96. The predicted molar refractivity (Wildman–Crippen MR) is 108 cm³/mol. The minimum atomic E-state index is 0.0590. The number of carbonyl (C=O) groups excluding carboxylic acids is 1. The van der Waals surface area contributed by atoms with E-state index in [-0.39, 0.29) is 5.91 Å². The minimum Gasteiger partial charge on any atom is -0.326 e. The van der Waals surface area contributed by atoms with E-state index >= 15 is 0 Å². The molecule has 1 aliphatic rings. The Balaban J connectivity index is 1.59. The molecule has 3 rings (SSSR count). The Morgan fingerprint density at radius 1 is 1.32 bits per heavy atom. The molecule has 0 atom stereocenters. The van der Waals surface area contributed by atoms with Crippen LogP contribution in [0.1, 0.15) is 39.9 Å². The Kier molecular flexibility index (Phi) is 6.12. The predicted octanol–water partition coefficient (Wildman–Crippen LogP) is 4.48. The summed E-state index contributed by atoms with van der Waals surface area (Å²) in [6.07, 6.45) is 2.49. The summed E-state index contributed by atoms with van der Waals surface area (Å²) in [4.78, 5) is 12.4. The molecular weight excluding hydrogens is 350 g/mol. The summed E-state index contributed by atoms with van der Waals surface area (Å²) in [6.45, 7) is 4.05. The highest BCUT2D eigenvalue weighted by atomic mass is 32.2. The molecule has 1 fully saturated rings. The summed E-state index contributed by atoms with van der Waals surface area (Å²) < 4.78 is 2.37. The SMILES string of the molecule is Cc1nn(C)c(C)c1CCC(=O)Nc1cccc(C2SCCCS2)c1. The van der Waals surface area contributed by atoms with E-state index < -0.39 is 0 Å². The summed E-state index contributed by atoms with van der Waals surface area (Å²) in [5.41, 5.74) is 5.53. The van der Waals surface area contributed by atoms with Crippen LogP contribution in [0.4, 0.5) is 5.69 Å². The van der Waals surface area contributed by atoms with Crippen molar-refractivity contribution in [3.63, 3.8) is 0 Å². The van der Waals surface area contributed by atoms with Crippen LogP contribution in [0.3, 0.4) is 0 Å². The van der Waals surface area contributed by atoms with Crippen molar-refractivity contribution in [1.82, 2.24) is 9.78 Å². The molecular formula is C19H25N3OS2. The highest BCUT2D eigenvalue weighted by molar-refractivity contribution is 8.16. The van der Waals surface area contributed by atoms with Gasteiger partial charge in [-0.2, -0.15) is 5.10 Å². The van der Waals surface area contributed by atoms with Crippen molar-refractivity contribution in [2.24, 2.45) is 7.05 Å². The average molecular weight is 376 g/mol. The van der Waals surface area contributed by atoms with Gasteiger partial charge >= 0.3 is 0 Å². The quantitative estimate of drug-likeness (QED) is 0.837. The number of nitrogens with zero attached hydrogens (tertiary/aromatic N) is 2. The van der Waals surface area contributed by atoms with Crippen molar-refractivity contribution in [3.05, 3.63) is 46.8 Å². The molecule has 0 spiro atoms. The Labute approximate surface area is 158 Å². The van der Waals surface area contributed by atoms with E-state index in [9.17, 15) is 4.79 Å². The largest absolute Gasteiger partial charge is 0.326 e. The number of aromatic nitrogens is 2. The van der Waals surface area contributed by atoms with Crippen LogP contribution in [-0.2, 0) is 18.3 Å². The Morgan fingerprint density at radius 3 is 2.76 bits per heavy atom. The molecule has 1 saturated heterocycles. The van der Waals surface area contributed by atoms with Gasteiger partial charge in [-0.3, -0.25) is 9.48 Å². The first-order chi connectivity index (χ1) is 12.0. The number of hydrogen-bond acceptors (Lipinski definition) is 4. The van der Waals surface area contributed by atoms with Gasteiger partial charge in [-0.25, -0.2) is 0 Å². The Bertz CT molecular complexity index is 751.